The first-order valence-electron chi connectivity index (χ1n) is 8.08. The summed E-state index contributed by atoms with van der Waals surface area (Å²) in [7, 11) is 0. The molecule has 0 unspecified atom stereocenters. The zero-order valence-electron chi connectivity index (χ0n) is 13.0. The largest absolute Gasteiger partial charge is 0.378 e. The maximum Gasteiger partial charge on any atom is 0.226 e. The molecule has 4 rings (SSSR count). The summed E-state index contributed by atoms with van der Waals surface area (Å²) in [5, 5.41) is 0. The number of morpholine rings is 1. The van der Waals surface area contributed by atoms with Gasteiger partial charge in [-0.15, -0.1) is 0 Å². The molecule has 2 atom stereocenters. The van der Waals surface area contributed by atoms with Gasteiger partial charge < -0.3 is 14.5 Å². The van der Waals surface area contributed by atoms with Crippen molar-refractivity contribution < 1.29 is 9.53 Å². The van der Waals surface area contributed by atoms with Gasteiger partial charge in [0.25, 0.3) is 0 Å². The van der Waals surface area contributed by atoms with Crippen molar-refractivity contribution in [2.45, 2.75) is 19.8 Å². The van der Waals surface area contributed by atoms with Gasteiger partial charge in [0.15, 0.2) is 0 Å². The fraction of sp³-hybridized carbons (Fsp3) is 0.688. The van der Waals surface area contributed by atoms with E-state index in [2.05, 4.69) is 14.9 Å². The Labute approximate surface area is 130 Å². The number of rotatable bonds is 2. The Hall–Kier alpha value is -1.69. The van der Waals surface area contributed by atoms with Crippen LogP contribution in [0.1, 0.15) is 18.4 Å². The van der Waals surface area contributed by atoms with E-state index in [0.717, 1.165) is 50.5 Å². The van der Waals surface area contributed by atoms with E-state index in [1.807, 2.05) is 24.2 Å². The molecule has 22 heavy (non-hydrogen) atoms. The molecule has 1 amide bonds. The lowest BCUT2D eigenvalue weighted by atomic mass is 10.0. The van der Waals surface area contributed by atoms with Gasteiger partial charge in [-0.3, -0.25) is 4.79 Å². The molecule has 0 bridgehead atoms. The van der Waals surface area contributed by atoms with E-state index in [0.29, 0.717) is 19.1 Å². The molecular weight excluding hydrogens is 280 g/mol. The van der Waals surface area contributed by atoms with E-state index in [-0.39, 0.29) is 11.3 Å². The quantitative estimate of drug-likeness (QED) is 0.811. The first-order valence-corrected chi connectivity index (χ1v) is 8.08. The zero-order valence-corrected chi connectivity index (χ0v) is 13.0. The second-order valence-corrected chi connectivity index (χ2v) is 6.79. The van der Waals surface area contributed by atoms with Crippen molar-refractivity contribution in [1.82, 2.24) is 14.9 Å². The Balaban J connectivity index is 1.40. The predicted molar refractivity (Wildman–Crippen MR) is 81.5 cm³/mol. The molecule has 3 heterocycles. The molecule has 1 aromatic heterocycles. The minimum atomic E-state index is 0.170. The topological polar surface area (TPSA) is 58.6 Å². The number of hydrogen-bond donors (Lipinski definition) is 0. The van der Waals surface area contributed by atoms with Crippen LogP contribution in [0.4, 0.5) is 5.95 Å². The number of ether oxygens (including phenoxy) is 1. The van der Waals surface area contributed by atoms with E-state index in [4.69, 9.17) is 4.74 Å². The van der Waals surface area contributed by atoms with Crippen LogP contribution in [0.2, 0.25) is 0 Å². The molecule has 6 nitrogen and oxygen atoms in total. The molecule has 6 heteroatoms. The Morgan fingerprint density at radius 3 is 2.73 bits per heavy atom. The number of amides is 1. The average molecular weight is 302 g/mol. The monoisotopic (exact) mass is 302 g/mol. The van der Waals surface area contributed by atoms with Gasteiger partial charge in [0.1, 0.15) is 0 Å². The summed E-state index contributed by atoms with van der Waals surface area (Å²) in [6, 6.07) is 0. The van der Waals surface area contributed by atoms with Crippen LogP contribution in [0.25, 0.3) is 0 Å². The van der Waals surface area contributed by atoms with Crippen molar-refractivity contribution in [3.8, 4) is 0 Å². The van der Waals surface area contributed by atoms with Crippen molar-refractivity contribution in [2.24, 2.45) is 11.3 Å². The fourth-order valence-corrected chi connectivity index (χ4v) is 3.77. The lowest BCUT2D eigenvalue weighted by Crippen LogP contribution is -2.42. The highest BCUT2D eigenvalue weighted by Crippen LogP contribution is 2.59. The standard InChI is InChI=1S/C16H22N4O2/c1-12-9-17-15(18-10-12)20-3-2-16(11-20)8-13(16)14(21)19-4-6-22-7-5-19/h9-10,13H,2-8,11H2,1H3/t13-,16-/m0/s1. The highest BCUT2D eigenvalue weighted by Gasteiger charge is 2.61. The van der Waals surface area contributed by atoms with Gasteiger partial charge in [0, 0.05) is 49.9 Å². The molecule has 1 spiro atoms. The fourth-order valence-electron chi connectivity index (χ4n) is 3.77. The molecular formula is C16H22N4O2. The van der Waals surface area contributed by atoms with Crippen molar-refractivity contribution in [1.29, 1.82) is 0 Å². The molecule has 2 saturated heterocycles. The van der Waals surface area contributed by atoms with Crippen LogP contribution in [0, 0.1) is 18.3 Å². The van der Waals surface area contributed by atoms with E-state index in [1.54, 1.807) is 0 Å². The van der Waals surface area contributed by atoms with E-state index < -0.39 is 0 Å². The van der Waals surface area contributed by atoms with Crippen molar-refractivity contribution in [3.63, 3.8) is 0 Å². The normalized spacial score (nSPS) is 30.9. The minimum absolute atomic E-state index is 0.170. The third kappa shape index (κ3) is 2.35. The molecule has 0 aromatic carbocycles. The van der Waals surface area contributed by atoms with E-state index in [1.165, 1.54) is 0 Å². The molecule has 3 aliphatic rings. The predicted octanol–water partition coefficient (Wildman–Crippen LogP) is 0.860. The van der Waals surface area contributed by atoms with Gasteiger partial charge >= 0.3 is 0 Å². The maximum absolute atomic E-state index is 12.6. The van der Waals surface area contributed by atoms with Crippen LogP contribution in [-0.4, -0.2) is 60.2 Å². The number of hydrogen-bond acceptors (Lipinski definition) is 5. The average Bonchev–Trinajstić information content (AvgIpc) is 3.09. The smallest absolute Gasteiger partial charge is 0.226 e. The van der Waals surface area contributed by atoms with Gasteiger partial charge in [-0.1, -0.05) is 0 Å². The maximum atomic E-state index is 12.6. The molecule has 118 valence electrons. The molecule has 1 saturated carbocycles. The van der Waals surface area contributed by atoms with Gasteiger partial charge in [-0.25, -0.2) is 9.97 Å². The minimum Gasteiger partial charge on any atom is -0.378 e. The lowest BCUT2D eigenvalue weighted by molar-refractivity contribution is -0.137. The van der Waals surface area contributed by atoms with Crippen LogP contribution in [0.15, 0.2) is 12.4 Å². The molecule has 1 aliphatic carbocycles. The Morgan fingerprint density at radius 1 is 1.27 bits per heavy atom. The third-order valence-electron chi connectivity index (χ3n) is 5.25. The summed E-state index contributed by atoms with van der Waals surface area (Å²) in [6.45, 7) is 6.70. The zero-order chi connectivity index (χ0) is 15.2. The van der Waals surface area contributed by atoms with Gasteiger partial charge in [-0.2, -0.15) is 0 Å². The number of aryl methyl sites for hydroxylation is 1. The van der Waals surface area contributed by atoms with Gasteiger partial charge in [0.05, 0.1) is 13.2 Å². The van der Waals surface area contributed by atoms with Crippen LogP contribution in [0.3, 0.4) is 0 Å². The Morgan fingerprint density at radius 2 is 2.00 bits per heavy atom. The van der Waals surface area contributed by atoms with E-state index in [9.17, 15) is 4.79 Å². The number of nitrogens with zero attached hydrogens (tertiary/aromatic N) is 4. The molecule has 0 N–H and O–H groups in total. The summed E-state index contributed by atoms with van der Waals surface area (Å²) in [5.74, 6) is 1.32. The number of carbonyl (C=O) groups is 1. The van der Waals surface area contributed by atoms with Gasteiger partial charge in [0.2, 0.25) is 11.9 Å². The van der Waals surface area contributed by atoms with Crippen LogP contribution >= 0.6 is 0 Å². The highest BCUT2D eigenvalue weighted by atomic mass is 16.5. The van der Waals surface area contributed by atoms with E-state index >= 15 is 0 Å². The number of anilines is 1. The van der Waals surface area contributed by atoms with Crippen LogP contribution in [0.5, 0.6) is 0 Å². The van der Waals surface area contributed by atoms with Crippen LogP contribution < -0.4 is 4.90 Å². The molecule has 2 aliphatic heterocycles. The van der Waals surface area contributed by atoms with Crippen molar-refractivity contribution in [2.75, 3.05) is 44.3 Å². The van der Waals surface area contributed by atoms with Gasteiger partial charge in [-0.05, 0) is 25.3 Å². The SMILES string of the molecule is Cc1cnc(N2CC[C@]3(C[C@H]3C(=O)N3CCOCC3)C2)nc1. The van der Waals surface area contributed by atoms with Crippen molar-refractivity contribution in [3.05, 3.63) is 18.0 Å². The summed E-state index contributed by atoms with van der Waals surface area (Å²) in [6.07, 6.45) is 5.81. The molecule has 3 fully saturated rings. The summed E-state index contributed by atoms with van der Waals surface area (Å²) >= 11 is 0. The Bertz CT molecular complexity index is 570. The first kappa shape index (κ1) is 13.9. The Kier molecular flexibility index (Phi) is 3.29. The molecule has 0 radical (unpaired) electrons. The lowest BCUT2D eigenvalue weighted by Gasteiger charge is -2.27. The second kappa shape index (κ2) is 5.19. The first-order chi connectivity index (χ1) is 10.7. The number of carbonyl (C=O) groups excluding carboxylic acids is 1. The second-order valence-electron chi connectivity index (χ2n) is 6.79. The number of aromatic nitrogens is 2. The van der Waals surface area contributed by atoms with Crippen molar-refractivity contribution >= 4 is 11.9 Å². The summed E-state index contributed by atoms with van der Waals surface area (Å²) in [4.78, 5) is 25.7. The highest BCUT2D eigenvalue weighted by molar-refractivity contribution is 5.83. The summed E-state index contributed by atoms with van der Waals surface area (Å²) < 4.78 is 5.33. The van der Waals surface area contributed by atoms with Crippen LogP contribution in [-0.2, 0) is 9.53 Å². The molecule has 1 aromatic rings. The summed E-state index contributed by atoms with van der Waals surface area (Å²) in [5.41, 5.74) is 1.24. The third-order valence-corrected chi connectivity index (χ3v) is 5.25.